The van der Waals surface area contributed by atoms with Crippen LogP contribution in [0, 0.1) is 5.92 Å². The van der Waals surface area contributed by atoms with Gasteiger partial charge in [0.1, 0.15) is 0 Å². The predicted molar refractivity (Wildman–Crippen MR) is 72.8 cm³/mol. The zero-order valence-electron chi connectivity index (χ0n) is 10.4. The van der Waals surface area contributed by atoms with Gasteiger partial charge in [0.25, 0.3) is 0 Å². The molecule has 0 saturated heterocycles. The van der Waals surface area contributed by atoms with Crippen LogP contribution in [0.1, 0.15) is 26.3 Å². The van der Waals surface area contributed by atoms with Gasteiger partial charge in [-0.1, -0.05) is 19.9 Å². The van der Waals surface area contributed by atoms with Gasteiger partial charge in [0.2, 0.25) is 0 Å². The van der Waals surface area contributed by atoms with E-state index >= 15 is 0 Å². The van der Waals surface area contributed by atoms with Crippen molar-refractivity contribution >= 4 is 21.6 Å². The second-order valence-corrected chi connectivity index (χ2v) is 5.39. The summed E-state index contributed by atoms with van der Waals surface area (Å²) in [6, 6.07) is 6.47. The second kappa shape index (κ2) is 5.69. The van der Waals surface area contributed by atoms with E-state index in [1.54, 1.807) is 0 Å². The van der Waals surface area contributed by atoms with Crippen LogP contribution in [0.4, 0.5) is 5.69 Å². The smallest absolute Gasteiger partial charge is 0.0682 e. The van der Waals surface area contributed by atoms with Crippen molar-refractivity contribution in [3.8, 4) is 0 Å². The van der Waals surface area contributed by atoms with Gasteiger partial charge in [0, 0.05) is 17.6 Å². The van der Waals surface area contributed by atoms with Gasteiger partial charge >= 0.3 is 0 Å². The molecule has 16 heavy (non-hydrogen) atoms. The first-order valence-corrected chi connectivity index (χ1v) is 6.38. The Balaban J connectivity index is 2.96. The fourth-order valence-corrected chi connectivity index (χ4v) is 2.31. The first-order chi connectivity index (χ1) is 7.47. The minimum atomic E-state index is 0.0856. The van der Waals surface area contributed by atoms with Crippen molar-refractivity contribution in [2.24, 2.45) is 5.92 Å². The average molecular weight is 286 g/mol. The van der Waals surface area contributed by atoms with E-state index in [2.05, 4.69) is 54.7 Å². The van der Waals surface area contributed by atoms with E-state index in [0.717, 1.165) is 10.0 Å². The molecule has 0 fully saturated rings. The van der Waals surface area contributed by atoms with Crippen molar-refractivity contribution in [3.05, 3.63) is 28.2 Å². The third-order valence-electron chi connectivity index (χ3n) is 3.15. The number of hydrogen-bond acceptors (Lipinski definition) is 2. The molecule has 0 radical (unpaired) electrons. The van der Waals surface area contributed by atoms with E-state index in [4.69, 9.17) is 5.11 Å². The second-order valence-electron chi connectivity index (χ2n) is 4.54. The van der Waals surface area contributed by atoms with Crippen molar-refractivity contribution in [2.75, 3.05) is 11.9 Å². The zero-order chi connectivity index (χ0) is 12.3. The molecule has 1 aromatic rings. The molecule has 0 saturated carbocycles. The van der Waals surface area contributed by atoms with Gasteiger partial charge in [-0.2, -0.15) is 0 Å². The third kappa shape index (κ3) is 2.98. The van der Waals surface area contributed by atoms with E-state index in [1.807, 2.05) is 12.1 Å². The molecule has 2 nitrogen and oxygen atoms in total. The number of aliphatic hydroxyl groups excluding tert-OH is 1. The van der Waals surface area contributed by atoms with Crippen LogP contribution < -0.4 is 4.90 Å². The van der Waals surface area contributed by atoms with Gasteiger partial charge in [-0.25, -0.2) is 0 Å². The maximum atomic E-state index is 9.05. The average Bonchev–Trinajstić information content (AvgIpc) is 2.26. The number of halogens is 1. The predicted octanol–water partition coefficient (Wildman–Crippen LogP) is 3.42. The summed E-state index contributed by atoms with van der Waals surface area (Å²) in [4.78, 5) is 2.26. The van der Waals surface area contributed by atoms with Gasteiger partial charge in [-0.15, -0.1) is 0 Å². The fourth-order valence-electron chi connectivity index (χ4n) is 1.60. The molecular formula is C13H20BrNO. The largest absolute Gasteiger partial charge is 0.392 e. The van der Waals surface area contributed by atoms with Crippen LogP contribution in [0.3, 0.4) is 0 Å². The molecule has 1 N–H and O–H groups in total. The molecule has 0 aliphatic heterocycles. The Bertz CT molecular complexity index is 352. The Morgan fingerprint density at radius 2 is 1.94 bits per heavy atom. The summed E-state index contributed by atoms with van der Waals surface area (Å²) in [5, 5.41) is 9.05. The summed E-state index contributed by atoms with van der Waals surface area (Å²) in [5.74, 6) is 0.606. The summed E-state index contributed by atoms with van der Waals surface area (Å²) in [5.41, 5.74) is 2.10. The van der Waals surface area contributed by atoms with Gasteiger partial charge in [-0.3, -0.25) is 0 Å². The van der Waals surface area contributed by atoms with E-state index in [9.17, 15) is 0 Å². The third-order valence-corrected chi connectivity index (χ3v) is 3.79. The van der Waals surface area contributed by atoms with Crippen LogP contribution in [0.5, 0.6) is 0 Å². The maximum absolute atomic E-state index is 9.05. The number of nitrogens with zero attached hydrogens (tertiary/aromatic N) is 1. The molecule has 1 unspecified atom stereocenters. The molecule has 0 aliphatic carbocycles. The SMILES string of the molecule is CC(C)C(C)N(C)c1ccc(CO)cc1Br. The standard InChI is InChI=1S/C13H20BrNO/c1-9(2)10(3)15(4)13-6-5-11(8-16)7-12(13)14/h5-7,9-10,16H,8H2,1-4H3. The van der Waals surface area contributed by atoms with Crippen LogP contribution in [0.15, 0.2) is 22.7 Å². The minimum Gasteiger partial charge on any atom is -0.392 e. The lowest BCUT2D eigenvalue weighted by Crippen LogP contribution is -2.33. The lowest BCUT2D eigenvalue weighted by Gasteiger charge is -2.31. The summed E-state index contributed by atoms with van der Waals surface area (Å²) in [7, 11) is 2.10. The highest BCUT2D eigenvalue weighted by molar-refractivity contribution is 9.10. The monoisotopic (exact) mass is 285 g/mol. The highest BCUT2D eigenvalue weighted by atomic mass is 79.9. The van der Waals surface area contributed by atoms with Crippen molar-refractivity contribution in [1.82, 2.24) is 0 Å². The number of aliphatic hydroxyl groups is 1. The summed E-state index contributed by atoms with van der Waals surface area (Å²) in [6.07, 6.45) is 0. The molecule has 0 aromatic heterocycles. The molecule has 0 spiro atoms. The Morgan fingerprint density at radius 1 is 1.31 bits per heavy atom. The fraction of sp³-hybridized carbons (Fsp3) is 0.538. The van der Waals surface area contributed by atoms with E-state index in [0.29, 0.717) is 12.0 Å². The van der Waals surface area contributed by atoms with E-state index in [-0.39, 0.29) is 6.61 Å². The highest BCUT2D eigenvalue weighted by Gasteiger charge is 2.15. The summed E-state index contributed by atoms with van der Waals surface area (Å²) < 4.78 is 1.04. The molecule has 0 bridgehead atoms. The molecule has 3 heteroatoms. The van der Waals surface area contributed by atoms with E-state index in [1.165, 1.54) is 5.69 Å². The van der Waals surface area contributed by atoms with E-state index < -0.39 is 0 Å². The van der Waals surface area contributed by atoms with Crippen molar-refractivity contribution in [2.45, 2.75) is 33.4 Å². The highest BCUT2D eigenvalue weighted by Crippen LogP contribution is 2.29. The van der Waals surface area contributed by atoms with Gasteiger partial charge in [0.05, 0.1) is 12.3 Å². The zero-order valence-corrected chi connectivity index (χ0v) is 12.0. The molecule has 90 valence electrons. The Labute approximate surface area is 106 Å². The Morgan fingerprint density at radius 3 is 2.38 bits per heavy atom. The van der Waals surface area contributed by atoms with Crippen LogP contribution >= 0.6 is 15.9 Å². The van der Waals surface area contributed by atoms with Gasteiger partial charge < -0.3 is 10.0 Å². The number of benzene rings is 1. The van der Waals surface area contributed by atoms with Crippen molar-refractivity contribution in [3.63, 3.8) is 0 Å². The van der Waals surface area contributed by atoms with Crippen LogP contribution in [-0.2, 0) is 6.61 Å². The lowest BCUT2D eigenvalue weighted by molar-refractivity contribution is 0.282. The Kier molecular flexibility index (Phi) is 4.81. The van der Waals surface area contributed by atoms with Crippen LogP contribution in [0.25, 0.3) is 0 Å². The molecule has 0 aliphatic rings. The maximum Gasteiger partial charge on any atom is 0.0682 e. The van der Waals surface area contributed by atoms with Crippen molar-refractivity contribution < 1.29 is 5.11 Å². The van der Waals surface area contributed by atoms with Crippen LogP contribution in [-0.4, -0.2) is 18.2 Å². The molecular weight excluding hydrogens is 266 g/mol. The summed E-state index contributed by atoms with van der Waals surface area (Å²) >= 11 is 3.55. The number of anilines is 1. The molecule has 1 aromatic carbocycles. The lowest BCUT2D eigenvalue weighted by atomic mass is 10.0. The van der Waals surface area contributed by atoms with Crippen LogP contribution in [0.2, 0.25) is 0 Å². The first kappa shape index (κ1) is 13.5. The molecule has 1 atom stereocenters. The normalized spacial score (nSPS) is 12.9. The minimum absolute atomic E-state index is 0.0856. The van der Waals surface area contributed by atoms with Crippen molar-refractivity contribution in [1.29, 1.82) is 0 Å². The number of hydrogen-bond donors (Lipinski definition) is 1. The van der Waals surface area contributed by atoms with Gasteiger partial charge in [-0.05, 0) is 46.5 Å². The number of rotatable bonds is 4. The molecule has 0 heterocycles. The Hall–Kier alpha value is -0.540. The van der Waals surface area contributed by atoms with Gasteiger partial charge in [0.15, 0.2) is 0 Å². The topological polar surface area (TPSA) is 23.5 Å². The molecule has 0 amide bonds. The quantitative estimate of drug-likeness (QED) is 0.916. The first-order valence-electron chi connectivity index (χ1n) is 5.59. The summed E-state index contributed by atoms with van der Waals surface area (Å²) in [6.45, 7) is 6.74. The molecule has 1 rings (SSSR count).